The zero-order valence-electron chi connectivity index (χ0n) is 13.5. The largest absolute Gasteiger partial charge is 0.300 e. The van der Waals surface area contributed by atoms with Crippen molar-refractivity contribution < 1.29 is 9.59 Å². The molecule has 0 aromatic heterocycles. The molecular formula is C19H20N2O2. The Hall–Kier alpha value is -2.46. The Kier molecular flexibility index (Phi) is 4.26. The Bertz CT molecular complexity index is 740. The SMILES string of the molecule is CCN(Cc1ccccc1)CN1C(=O)C(=O)c2cc(C)ccc21. The van der Waals surface area contributed by atoms with Crippen LogP contribution in [0.25, 0.3) is 0 Å². The molecule has 4 nitrogen and oxygen atoms in total. The van der Waals surface area contributed by atoms with E-state index in [0.717, 1.165) is 24.3 Å². The van der Waals surface area contributed by atoms with Crippen LogP contribution >= 0.6 is 0 Å². The van der Waals surface area contributed by atoms with Gasteiger partial charge >= 0.3 is 5.91 Å². The van der Waals surface area contributed by atoms with E-state index in [1.165, 1.54) is 5.56 Å². The van der Waals surface area contributed by atoms with Crippen LogP contribution in [0.2, 0.25) is 0 Å². The van der Waals surface area contributed by atoms with Crippen LogP contribution in [0.15, 0.2) is 48.5 Å². The molecule has 0 radical (unpaired) electrons. The summed E-state index contributed by atoms with van der Waals surface area (Å²) in [4.78, 5) is 28.2. The number of fused-ring (bicyclic) bond motifs is 1. The van der Waals surface area contributed by atoms with E-state index in [4.69, 9.17) is 0 Å². The number of Topliss-reactive ketones (excluding diaryl/α,β-unsaturated/α-hetero) is 1. The first-order valence-electron chi connectivity index (χ1n) is 7.83. The zero-order valence-corrected chi connectivity index (χ0v) is 13.5. The van der Waals surface area contributed by atoms with Gasteiger partial charge in [0.2, 0.25) is 0 Å². The van der Waals surface area contributed by atoms with Crippen molar-refractivity contribution in [1.29, 1.82) is 0 Å². The van der Waals surface area contributed by atoms with Gasteiger partial charge in [0.25, 0.3) is 5.78 Å². The summed E-state index contributed by atoms with van der Waals surface area (Å²) in [6.07, 6.45) is 0. The molecule has 2 aromatic rings. The van der Waals surface area contributed by atoms with Crippen LogP contribution in [0.3, 0.4) is 0 Å². The van der Waals surface area contributed by atoms with Crippen molar-refractivity contribution in [3.63, 3.8) is 0 Å². The number of benzene rings is 2. The molecule has 0 spiro atoms. The molecule has 2 aromatic carbocycles. The summed E-state index contributed by atoms with van der Waals surface area (Å²) >= 11 is 0. The third-order valence-corrected chi connectivity index (χ3v) is 4.16. The second-order valence-electron chi connectivity index (χ2n) is 5.86. The van der Waals surface area contributed by atoms with Gasteiger partial charge in [-0.1, -0.05) is 48.9 Å². The van der Waals surface area contributed by atoms with Crippen molar-refractivity contribution in [2.75, 3.05) is 18.1 Å². The summed E-state index contributed by atoms with van der Waals surface area (Å²) in [7, 11) is 0. The van der Waals surface area contributed by atoms with Gasteiger partial charge in [-0.05, 0) is 31.2 Å². The summed E-state index contributed by atoms with van der Waals surface area (Å²) in [5.74, 6) is -0.837. The third kappa shape index (κ3) is 3.03. The molecule has 1 aliphatic rings. The first-order valence-corrected chi connectivity index (χ1v) is 7.83. The van der Waals surface area contributed by atoms with Crippen LogP contribution in [0.5, 0.6) is 0 Å². The molecule has 1 heterocycles. The number of anilines is 1. The quantitative estimate of drug-likeness (QED) is 0.797. The fourth-order valence-corrected chi connectivity index (χ4v) is 2.86. The van der Waals surface area contributed by atoms with E-state index in [9.17, 15) is 9.59 Å². The van der Waals surface area contributed by atoms with Crippen molar-refractivity contribution in [3.8, 4) is 0 Å². The zero-order chi connectivity index (χ0) is 16.4. The Morgan fingerprint density at radius 2 is 1.78 bits per heavy atom. The third-order valence-electron chi connectivity index (χ3n) is 4.16. The highest BCUT2D eigenvalue weighted by Gasteiger charge is 2.36. The number of carbonyl (C=O) groups is 2. The average molecular weight is 308 g/mol. The molecular weight excluding hydrogens is 288 g/mol. The van der Waals surface area contributed by atoms with E-state index < -0.39 is 11.7 Å². The average Bonchev–Trinajstić information content (AvgIpc) is 2.79. The molecule has 3 rings (SSSR count). The van der Waals surface area contributed by atoms with Gasteiger partial charge in [0.15, 0.2) is 0 Å². The van der Waals surface area contributed by atoms with Gasteiger partial charge in [0, 0.05) is 6.54 Å². The molecule has 0 aliphatic carbocycles. The lowest BCUT2D eigenvalue weighted by atomic mass is 10.1. The molecule has 0 unspecified atom stereocenters. The summed E-state index contributed by atoms with van der Waals surface area (Å²) < 4.78 is 0. The maximum atomic E-state index is 12.3. The number of ketones is 1. The van der Waals surface area contributed by atoms with Crippen LogP contribution in [0, 0.1) is 6.92 Å². The van der Waals surface area contributed by atoms with E-state index in [0.29, 0.717) is 12.2 Å². The maximum Gasteiger partial charge on any atom is 0.300 e. The van der Waals surface area contributed by atoms with E-state index in [-0.39, 0.29) is 0 Å². The highest BCUT2D eigenvalue weighted by Crippen LogP contribution is 2.29. The summed E-state index contributed by atoms with van der Waals surface area (Å²) in [6, 6.07) is 15.7. The van der Waals surface area contributed by atoms with Crippen LogP contribution in [-0.2, 0) is 11.3 Å². The normalized spacial score (nSPS) is 13.8. The first-order chi connectivity index (χ1) is 11.1. The van der Waals surface area contributed by atoms with Gasteiger partial charge in [-0.15, -0.1) is 0 Å². The number of amides is 1. The number of carbonyl (C=O) groups excluding carboxylic acids is 2. The molecule has 0 bridgehead atoms. The maximum absolute atomic E-state index is 12.3. The second kappa shape index (κ2) is 6.34. The molecule has 0 fully saturated rings. The van der Waals surface area contributed by atoms with Crippen molar-refractivity contribution >= 4 is 17.4 Å². The predicted octanol–water partition coefficient (Wildman–Crippen LogP) is 3.00. The molecule has 118 valence electrons. The molecule has 0 saturated carbocycles. The lowest BCUT2D eigenvalue weighted by Crippen LogP contribution is -2.40. The van der Waals surface area contributed by atoms with Gasteiger partial charge in [0.1, 0.15) is 0 Å². The number of aryl methyl sites for hydroxylation is 1. The monoisotopic (exact) mass is 308 g/mol. The summed E-state index contributed by atoms with van der Waals surface area (Å²) in [5.41, 5.74) is 3.42. The van der Waals surface area contributed by atoms with Gasteiger partial charge < -0.3 is 0 Å². The van der Waals surface area contributed by atoms with E-state index >= 15 is 0 Å². The first kappa shape index (κ1) is 15.4. The Morgan fingerprint density at radius 3 is 2.48 bits per heavy atom. The minimum atomic E-state index is -0.433. The molecule has 0 saturated heterocycles. The molecule has 1 aliphatic heterocycles. The molecule has 1 amide bonds. The topological polar surface area (TPSA) is 40.6 Å². The minimum Gasteiger partial charge on any atom is -0.291 e. The van der Waals surface area contributed by atoms with Crippen molar-refractivity contribution in [1.82, 2.24) is 4.90 Å². The predicted molar refractivity (Wildman–Crippen MR) is 90.4 cm³/mol. The fourth-order valence-electron chi connectivity index (χ4n) is 2.86. The Morgan fingerprint density at radius 1 is 1.04 bits per heavy atom. The molecule has 0 atom stereocenters. The van der Waals surface area contributed by atoms with Gasteiger partial charge in [-0.3, -0.25) is 19.4 Å². The van der Waals surface area contributed by atoms with E-state index in [1.807, 2.05) is 37.3 Å². The van der Waals surface area contributed by atoms with Crippen LogP contribution in [-0.4, -0.2) is 29.8 Å². The van der Waals surface area contributed by atoms with Crippen molar-refractivity contribution in [3.05, 3.63) is 65.2 Å². The van der Waals surface area contributed by atoms with Gasteiger partial charge in [0.05, 0.1) is 17.9 Å². The van der Waals surface area contributed by atoms with Crippen LogP contribution < -0.4 is 4.90 Å². The number of hydrogen-bond acceptors (Lipinski definition) is 3. The number of hydrogen-bond donors (Lipinski definition) is 0. The highest BCUT2D eigenvalue weighted by atomic mass is 16.2. The molecule has 4 heteroatoms. The standard InChI is InChI=1S/C19H20N2O2/c1-3-20(12-15-7-5-4-6-8-15)13-21-17-10-9-14(2)11-16(17)18(22)19(21)23/h4-11H,3,12-13H2,1-2H3. The van der Waals surface area contributed by atoms with E-state index in [2.05, 4.69) is 24.0 Å². The smallest absolute Gasteiger partial charge is 0.291 e. The van der Waals surface area contributed by atoms with Crippen LogP contribution in [0.4, 0.5) is 5.69 Å². The minimum absolute atomic E-state index is 0.403. The Labute approximate surface area is 136 Å². The highest BCUT2D eigenvalue weighted by molar-refractivity contribution is 6.52. The van der Waals surface area contributed by atoms with Crippen LogP contribution in [0.1, 0.15) is 28.4 Å². The number of rotatable bonds is 5. The molecule has 23 heavy (non-hydrogen) atoms. The van der Waals surface area contributed by atoms with Crippen molar-refractivity contribution in [2.45, 2.75) is 20.4 Å². The lowest BCUT2D eigenvalue weighted by Gasteiger charge is -2.27. The summed E-state index contributed by atoms with van der Waals surface area (Å²) in [5, 5.41) is 0. The van der Waals surface area contributed by atoms with Gasteiger partial charge in [-0.2, -0.15) is 0 Å². The number of nitrogens with zero attached hydrogens (tertiary/aromatic N) is 2. The summed E-state index contributed by atoms with van der Waals surface area (Å²) in [6.45, 7) is 5.95. The van der Waals surface area contributed by atoms with Gasteiger partial charge in [-0.25, -0.2) is 0 Å². The Balaban J connectivity index is 1.81. The second-order valence-corrected chi connectivity index (χ2v) is 5.86. The lowest BCUT2D eigenvalue weighted by molar-refractivity contribution is -0.114. The van der Waals surface area contributed by atoms with E-state index in [1.54, 1.807) is 11.0 Å². The fraction of sp³-hybridized carbons (Fsp3) is 0.263. The van der Waals surface area contributed by atoms with Crippen molar-refractivity contribution in [2.24, 2.45) is 0 Å². The molecule has 0 N–H and O–H groups in total.